The normalized spacial score (nSPS) is 16.6. The number of halogens is 2. The highest BCUT2D eigenvalue weighted by atomic mass is 19.1. The lowest BCUT2D eigenvalue weighted by Crippen LogP contribution is -2.54. The van der Waals surface area contributed by atoms with Gasteiger partial charge >= 0.3 is 6.09 Å². The van der Waals surface area contributed by atoms with E-state index in [1.54, 1.807) is 18.7 Å². The molecule has 0 spiro atoms. The van der Waals surface area contributed by atoms with Gasteiger partial charge in [0, 0.05) is 32.2 Å². The van der Waals surface area contributed by atoms with Crippen LogP contribution in [0.15, 0.2) is 18.2 Å². The van der Waals surface area contributed by atoms with Gasteiger partial charge in [0.05, 0.1) is 18.3 Å². The summed E-state index contributed by atoms with van der Waals surface area (Å²) in [6, 6.07) is 2.37. The number of piperazine rings is 1. The van der Waals surface area contributed by atoms with E-state index in [9.17, 15) is 18.4 Å². The van der Waals surface area contributed by atoms with E-state index in [1.807, 2.05) is 4.90 Å². The zero-order valence-corrected chi connectivity index (χ0v) is 13.7. The lowest BCUT2D eigenvalue weighted by atomic mass is 10.2. The number of benzene rings is 1. The van der Waals surface area contributed by atoms with Crippen LogP contribution >= 0.6 is 0 Å². The maximum absolute atomic E-state index is 13.6. The molecule has 2 amide bonds. The lowest BCUT2D eigenvalue weighted by Gasteiger charge is -2.36. The Bertz CT molecular complexity index is 604. The van der Waals surface area contributed by atoms with E-state index < -0.39 is 23.6 Å². The molecule has 6 nitrogen and oxygen atoms in total. The molecule has 1 aromatic carbocycles. The number of carbonyl (C=O) groups excluding carboxylic acids is 2. The van der Waals surface area contributed by atoms with Crippen LogP contribution in [0.25, 0.3) is 0 Å². The summed E-state index contributed by atoms with van der Waals surface area (Å²) in [5.74, 6) is -1.74. The molecule has 0 radical (unpaired) electrons. The minimum absolute atomic E-state index is 0.183. The monoisotopic (exact) mass is 341 g/mol. The minimum Gasteiger partial charge on any atom is -0.450 e. The number of nitrogens with one attached hydrogen (secondary N) is 1. The quantitative estimate of drug-likeness (QED) is 0.911. The van der Waals surface area contributed by atoms with E-state index in [1.165, 1.54) is 0 Å². The van der Waals surface area contributed by atoms with Crippen molar-refractivity contribution in [1.29, 1.82) is 0 Å². The van der Waals surface area contributed by atoms with Gasteiger partial charge in [0.2, 0.25) is 5.91 Å². The molecule has 2 rings (SSSR count). The Kier molecular flexibility index (Phi) is 6.08. The number of hydrogen-bond acceptors (Lipinski definition) is 4. The highest BCUT2D eigenvalue weighted by Crippen LogP contribution is 2.16. The number of carbonyl (C=O) groups is 2. The maximum atomic E-state index is 13.6. The fourth-order valence-electron chi connectivity index (χ4n) is 2.50. The van der Waals surface area contributed by atoms with Crippen LogP contribution < -0.4 is 5.32 Å². The molecule has 1 N–H and O–H groups in total. The standard InChI is InChI=1S/C16H21F2N3O3/c1-3-24-16(23)21-8-6-20(7-9-21)11(2)15(22)19-14-10-12(17)4-5-13(14)18/h4-5,10-11H,3,6-9H2,1-2H3,(H,19,22)/t11-/m1/s1. The Balaban J connectivity index is 1.90. The van der Waals surface area contributed by atoms with Crippen molar-refractivity contribution in [1.82, 2.24) is 9.80 Å². The van der Waals surface area contributed by atoms with Crippen LogP contribution in [0, 0.1) is 11.6 Å². The Hall–Kier alpha value is -2.22. The van der Waals surface area contributed by atoms with Crippen molar-refractivity contribution in [3.8, 4) is 0 Å². The number of nitrogens with zero attached hydrogens (tertiary/aromatic N) is 2. The summed E-state index contributed by atoms with van der Waals surface area (Å²) in [4.78, 5) is 27.4. The Morgan fingerprint density at radius 1 is 1.25 bits per heavy atom. The van der Waals surface area contributed by atoms with Gasteiger partial charge in [-0.2, -0.15) is 0 Å². The molecule has 1 atom stereocenters. The fourth-order valence-corrected chi connectivity index (χ4v) is 2.50. The molecule has 1 aliphatic rings. The lowest BCUT2D eigenvalue weighted by molar-refractivity contribution is -0.121. The Morgan fingerprint density at radius 3 is 2.54 bits per heavy atom. The van der Waals surface area contributed by atoms with E-state index in [2.05, 4.69) is 5.32 Å². The second-order valence-corrected chi connectivity index (χ2v) is 5.51. The predicted octanol–water partition coefficient (Wildman–Crippen LogP) is 2.07. The van der Waals surface area contributed by atoms with Crippen molar-refractivity contribution >= 4 is 17.7 Å². The summed E-state index contributed by atoms with van der Waals surface area (Å²) in [6.07, 6.45) is -0.365. The van der Waals surface area contributed by atoms with Crippen LogP contribution in [0.5, 0.6) is 0 Å². The van der Waals surface area contributed by atoms with Gasteiger partial charge in [0.25, 0.3) is 0 Å². The van der Waals surface area contributed by atoms with Gasteiger partial charge in [-0.3, -0.25) is 9.69 Å². The van der Waals surface area contributed by atoms with Crippen molar-refractivity contribution in [2.45, 2.75) is 19.9 Å². The molecule has 0 bridgehead atoms. The van der Waals surface area contributed by atoms with Gasteiger partial charge in [-0.1, -0.05) is 0 Å². The number of ether oxygens (including phenoxy) is 1. The van der Waals surface area contributed by atoms with Crippen LogP contribution in [-0.4, -0.2) is 60.6 Å². The molecule has 1 saturated heterocycles. The molecule has 0 aromatic heterocycles. The third-order valence-electron chi connectivity index (χ3n) is 3.95. The summed E-state index contributed by atoms with van der Waals surface area (Å²) < 4.78 is 31.7. The number of rotatable bonds is 4. The highest BCUT2D eigenvalue weighted by molar-refractivity contribution is 5.94. The summed E-state index contributed by atoms with van der Waals surface area (Å²) in [5, 5.41) is 2.40. The second-order valence-electron chi connectivity index (χ2n) is 5.51. The molecular formula is C16H21F2N3O3. The maximum Gasteiger partial charge on any atom is 0.409 e. The first kappa shape index (κ1) is 18.1. The first-order valence-corrected chi connectivity index (χ1v) is 7.84. The minimum atomic E-state index is -0.691. The molecule has 0 aliphatic carbocycles. The van der Waals surface area contributed by atoms with Crippen LogP contribution in [0.1, 0.15) is 13.8 Å². The molecule has 0 saturated carbocycles. The highest BCUT2D eigenvalue weighted by Gasteiger charge is 2.28. The zero-order chi connectivity index (χ0) is 17.7. The van der Waals surface area contributed by atoms with Gasteiger partial charge in [-0.05, 0) is 26.0 Å². The second kappa shape index (κ2) is 8.05. The molecule has 1 aliphatic heterocycles. The van der Waals surface area contributed by atoms with Crippen molar-refractivity contribution in [2.75, 3.05) is 38.1 Å². The molecule has 132 valence electrons. The van der Waals surface area contributed by atoms with E-state index in [0.717, 1.165) is 18.2 Å². The molecule has 1 aromatic rings. The van der Waals surface area contributed by atoms with Gasteiger partial charge < -0.3 is 15.0 Å². The van der Waals surface area contributed by atoms with Crippen LogP contribution in [0.2, 0.25) is 0 Å². The summed E-state index contributed by atoms with van der Waals surface area (Å²) in [6.45, 7) is 5.64. The van der Waals surface area contributed by atoms with E-state index in [4.69, 9.17) is 4.74 Å². The molecule has 8 heteroatoms. The number of hydrogen-bond donors (Lipinski definition) is 1. The van der Waals surface area contributed by atoms with E-state index in [0.29, 0.717) is 32.8 Å². The topological polar surface area (TPSA) is 61.9 Å². The van der Waals surface area contributed by atoms with E-state index >= 15 is 0 Å². The van der Waals surface area contributed by atoms with Crippen LogP contribution in [0.3, 0.4) is 0 Å². The van der Waals surface area contributed by atoms with Gasteiger partial charge in [-0.25, -0.2) is 13.6 Å². The summed E-state index contributed by atoms with van der Waals surface area (Å²) in [5.41, 5.74) is -0.183. The average molecular weight is 341 g/mol. The zero-order valence-electron chi connectivity index (χ0n) is 13.7. The van der Waals surface area contributed by atoms with Crippen molar-refractivity contribution < 1.29 is 23.1 Å². The summed E-state index contributed by atoms with van der Waals surface area (Å²) in [7, 11) is 0. The van der Waals surface area contributed by atoms with Crippen LogP contribution in [-0.2, 0) is 9.53 Å². The average Bonchev–Trinajstić information content (AvgIpc) is 2.57. The largest absolute Gasteiger partial charge is 0.450 e. The first-order chi connectivity index (χ1) is 11.4. The molecule has 1 fully saturated rings. The first-order valence-electron chi connectivity index (χ1n) is 7.84. The Morgan fingerprint density at radius 2 is 1.92 bits per heavy atom. The third-order valence-corrected chi connectivity index (χ3v) is 3.95. The molecule has 1 heterocycles. The van der Waals surface area contributed by atoms with Crippen molar-refractivity contribution in [3.05, 3.63) is 29.8 Å². The molecular weight excluding hydrogens is 320 g/mol. The molecule has 0 unspecified atom stereocenters. The van der Waals surface area contributed by atoms with Crippen molar-refractivity contribution in [3.63, 3.8) is 0 Å². The number of amides is 2. The third kappa shape index (κ3) is 4.41. The van der Waals surface area contributed by atoms with Crippen molar-refractivity contribution in [2.24, 2.45) is 0 Å². The SMILES string of the molecule is CCOC(=O)N1CCN([C@H](C)C(=O)Nc2cc(F)ccc2F)CC1. The van der Waals surface area contributed by atoms with Crippen LogP contribution in [0.4, 0.5) is 19.3 Å². The van der Waals surface area contributed by atoms with Gasteiger partial charge in [0.1, 0.15) is 11.6 Å². The predicted molar refractivity (Wildman–Crippen MR) is 84.6 cm³/mol. The van der Waals surface area contributed by atoms with Gasteiger partial charge in [-0.15, -0.1) is 0 Å². The van der Waals surface area contributed by atoms with Gasteiger partial charge in [0.15, 0.2) is 0 Å². The fraction of sp³-hybridized carbons (Fsp3) is 0.500. The smallest absolute Gasteiger partial charge is 0.409 e. The molecule has 24 heavy (non-hydrogen) atoms. The Labute approximate surface area is 139 Å². The number of anilines is 1. The van der Waals surface area contributed by atoms with E-state index in [-0.39, 0.29) is 11.8 Å². The summed E-state index contributed by atoms with van der Waals surface area (Å²) >= 11 is 0.